The van der Waals surface area contributed by atoms with Gasteiger partial charge in [0.25, 0.3) is 0 Å². The Morgan fingerprint density at radius 2 is 1.37 bits per heavy atom. The normalized spacial score (nSPS) is 16.9. The molecule has 1 nitrogen and oxygen atoms in total. The fraction of sp³-hybridized carbons (Fsp3) is 0.303. The van der Waals surface area contributed by atoms with Gasteiger partial charge in [0.15, 0.2) is 0 Å². The van der Waals surface area contributed by atoms with E-state index in [0.717, 1.165) is 11.3 Å². The van der Waals surface area contributed by atoms with Crippen LogP contribution in [0.4, 0.5) is 0 Å². The van der Waals surface area contributed by atoms with Gasteiger partial charge < -0.3 is 4.98 Å². The number of pyridine rings is 1. The Kier molecular flexibility index (Phi) is 6.10. The van der Waals surface area contributed by atoms with Crippen molar-refractivity contribution in [3.05, 3.63) is 112 Å². The first-order valence-corrected chi connectivity index (χ1v) is 12.6. The Hall–Kier alpha value is -2.54. The molecule has 0 spiro atoms. The summed E-state index contributed by atoms with van der Waals surface area (Å²) < 4.78 is 0. The Bertz CT molecular complexity index is 1400. The molecule has 2 heteroatoms. The van der Waals surface area contributed by atoms with Crippen molar-refractivity contribution in [1.29, 1.82) is 0 Å². The van der Waals surface area contributed by atoms with Crippen LogP contribution >= 0.6 is 0 Å². The summed E-state index contributed by atoms with van der Waals surface area (Å²) in [6, 6.07) is 28.3. The number of aromatic nitrogens is 1. The van der Waals surface area contributed by atoms with Crippen LogP contribution in [0.5, 0.6) is 0 Å². The van der Waals surface area contributed by atoms with Crippen LogP contribution in [0, 0.1) is 6.07 Å². The zero-order valence-electron chi connectivity index (χ0n) is 21.0. The quantitative estimate of drug-likeness (QED) is 0.203. The van der Waals surface area contributed by atoms with E-state index in [9.17, 15) is 0 Å². The van der Waals surface area contributed by atoms with Crippen molar-refractivity contribution in [3.63, 3.8) is 0 Å². The van der Waals surface area contributed by atoms with Crippen LogP contribution in [0.2, 0.25) is 0 Å². The molecular weight excluding hydrogens is 603 g/mol. The predicted molar refractivity (Wildman–Crippen MR) is 141 cm³/mol. The number of nitrogens with zero attached hydrogens (tertiary/aromatic N) is 1. The molecule has 0 atom stereocenters. The van der Waals surface area contributed by atoms with Crippen LogP contribution in [-0.2, 0) is 43.8 Å². The molecule has 0 unspecified atom stereocenters. The van der Waals surface area contributed by atoms with E-state index in [1.165, 1.54) is 70.2 Å². The summed E-state index contributed by atoms with van der Waals surface area (Å²) in [6.07, 6.45) is 7.01. The third-order valence-corrected chi connectivity index (χ3v) is 8.27. The average Bonchev–Trinajstić information content (AvgIpc) is 2.87. The topological polar surface area (TPSA) is 12.9 Å². The van der Waals surface area contributed by atoms with Gasteiger partial charge in [-0.2, -0.15) is 0 Å². The molecule has 35 heavy (non-hydrogen) atoms. The first-order valence-electron chi connectivity index (χ1n) is 12.6. The van der Waals surface area contributed by atoms with E-state index in [1.807, 2.05) is 0 Å². The molecular formula is C33H32IrN-. The molecule has 0 fully saturated rings. The van der Waals surface area contributed by atoms with E-state index in [2.05, 4.69) is 107 Å². The summed E-state index contributed by atoms with van der Waals surface area (Å²) in [5, 5.41) is 0. The Morgan fingerprint density at radius 1 is 0.686 bits per heavy atom. The molecule has 0 saturated carbocycles. The van der Waals surface area contributed by atoms with E-state index in [0.29, 0.717) is 0 Å². The van der Waals surface area contributed by atoms with Gasteiger partial charge in [-0.1, -0.05) is 87.9 Å². The second-order valence-electron chi connectivity index (χ2n) is 11.1. The minimum absolute atomic E-state index is 0. The van der Waals surface area contributed by atoms with Gasteiger partial charge in [-0.05, 0) is 70.0 Å². The van der Waals surface area contributed by atoms with Gasteiger partial charge in [0.05, 0.1) is 0 Å². The van der Waals surface area contributed by atoms with Gasteiger partial charge in [0, 0.05) is 26.3 Å². The Balaban J connectivity index is 0.00000253. The SMILES string of the molecule is CC1(C)c2ccc(-c3ccccc3)cc2C(C)(C)c2c[c-]c(-c3cc4c(cn3)CCCC4)cc21.[Ir]. The van der Waals surface area contributed by atoms with E-state index >= 15 is 0 Å². The third-order valence-electron chi connectivity index (χ3n) is 8.27. The van der Waals surface area contributed by atoms with Gasteiger partial charge >= 0.3 is 0 Å². The predicted octanol–water partition coefficient (Wildman–Crippen LogP) is 8.06. The Morgan fingerprint density at radius 3 is 2.14 bits per heavy atom. The molecule has 1 aromatic heterocycles. The summed E-state index contributed by atoms with van der Waals surface area (Å²) in [6.45, 7) is 9.46. The van der Waals surface area contributed by atoms with Crippen molar-refractivity contribution < 1.29 is 20.1 Å². The maximum absolute atomic E-state index is 4.85. The monoisotopic (exact) mass is 635 g/mol. The van der Waals surface area contributed by atoms with E-state index in [-0.39, 0.29) is 30.9 Å². The minimum atomic E-state index is -0.0940. The van der Waals surface area contributed by atoms with Crippen molar-refractivity contribution in [3.8, 4) is 22.4 Å². The first kappa shape index (κ1) is 24.2. The smallest absolute Gasteiger partial charge is 0.0195 e. The average molecular weight is 635 g/mol. The van der Waals surface area contributed by atoms with Gasteiger partial charge in [0.2, 0.25) is 0 Å². The molecule has 2 aliphatic rings. The fourth-order valence-corrected chi connectivity index (χ4v) is 6.14. The largest absolute Gasteiger partial charge is 0.304 e. The summed E-state index contributed by atoms with van der Waals surface area (Å²) in [5.41, 5.74) is 13.0. The summed E-state index contributed by atoms with van der Waals surface area (Å²) in [5.74, 6) is 0. The number of rotatable bonds is 2. The van der Waals surface area contributed by atoms with Crippen molar-refractivity contribution in [2.45, 2.75) is 64.2 Å². The van der Waals surface area contributed by atoms with Gasteiger partial charge in [-0.15, -0.1) is 34.9 Å². The van der Waals surface area contributed by atoms with Crippen LogP contribution in [-0.4, -0.2) is 4.98 Å². The van der Waals surface area contributed by atoms with Crippen molar-refractivity contribution in [1.82, 2.24) is 4.98 Å². The van der Waals surface area contributed by atoms with Gasteiger partial charge in [-0.3, -0.25) is 0 Å². The molecule has 4 aromatic rings. The molecule has 3 aromatic carbocycles. The van der Waals surface area contributed by atoms with Crippen LogP contribution in [0.25, 0.3) is 22.4 Å². The second-order valence-corrected chi connectivity index (χ2v) is 11.1. The molecule has 0 N–H and O–H groups in total. The standard InChI is InChI=1S/C33H32N.Ir/c1-32(2)28-17-15-25(31-20-23-12-8-9-13-26(23)21-34-31)19-30(28)33(3,4)27-16-14-24(18-29(27)32)22-10-6-5-7-11-22;/h5-7,10-11,14,16-21H,8-9,12-13H2,1-4H3;/q-1;. The third kappa shape index (κ3) is 3.92. The van der Waals surface area contributed by atoms with E-state index < -0.39 is 0 Å². The van der Waals surface area contributed by atoms with Crippen LogP contribution < -0.4 is 0 Å². The summed E-state index contributed by atoms with van der Waals surface area (Å²) >= 11 is 0. The van der Waals surface area contributed by atoms with Gasteiger partial charge in [0.1, 0.15) is 0 Å². The number of hydrogen-bond donors (Lipinski definition) is 0. The molecule has 6 rings (SSSR count). The molecule has 1 heterocycles. The fourth-order valence-electron chi connectivity index (χ4n) is 6.14. The molecule has 0 amide bonds. The number of benzene rings is 3. The molecule has 1 radical (unpaired) electrons. The molecule has 0 aliphatic heterocycles. The van der Waals surface area contributed by atoms with Crippen LogP contribution in [0.1, 0.15) is 73.9 Å². The maximum atomic E-state index is 4.85. The number of aryl methyl sites for hydroxylation is 2. The first-order chi connectivity index (χ1) is 16.4. The summed E-state index contributed by atoms with van der Waals surface area (Å²) in [4.78, 5) is 4.85. The Labute approximate surface area is 223 Å². The zero-order chi connectivity index (χ0) is 23.5. The van der Waals surface area contributed by atoms with E-state index in [4.69, 9.17) is 4.98 Å². The number of fused-ring (bicyclic) bond motifs is 3. The van der Waals surface area contributed by atoms with E-state index in [1.54, 1.807) is 0 Å². The maximum Gasteiger partial charge on any atom is 0.0195 e. The molecule has 179 valence electrons. The molecule has 0 saturated heterocycles. The zero-order valence-corrected chi connectivity index (χ0v) is 23.4. The minimum Gasteiger partial charge on any atom is -0.304 e. The molecule has 2 aliphatic carbocycles. The van der Waals surface area contributed by atoms with Gasteiger partial charge in [-0.25, -0.2) is 0 Å². The second kappa shape index (κ2) is 8.84. The summed E-state index contributed by atoms with van der Waals surface area (Å²) in [7, 11) is 0. The van der Waals surface area contributed by atoms with Crippen LogP contribution in [0.15, 0.2) is 72.9 Å². The van der Waals surface area contributed by atoms with Crippen molar-refractivity contribution in [2.75, 3.05) is 0 Å². The van der Waals surface area contributed by atoms with Crippen molar-refractivity contribution >= 4 is 0 Å². The van der Waals surface area contributed by atoms with Crippen LogP contribution in [0.3, 0.4) is 0 Å². The van der Waals surface area contributed by atoms with Crippen molar-refractivity contribution in [2.24, 2.45) is 0 Å². The molecule has 0 bridgehead atoms. The number of hydrogen-bond acceptors (Lipinski definition) is 1.